The van der Waals surface area contributed by atoms with Crippen molar-refractivity contribution in [1.29, 1.82) is 0 Å². The molecular weight excluding hydrogens is 258 g/mol. The molecule has 0 aromatic heterocycles. The number of carboxylic acid groups (broad SMARTS) is 1. The number of hydrogen-bond donors (Lipinski definition) is 3. The van der Waals surface area contributed by atoms with Crippen molar-refractivity contribution in [2.45, 2.75) is 44.1 Å². The van der Waals surface area contributed by atoms with Gasteiger partial charge in [0.05, 0.1) is 18.5 Å². The molecule has 0 aromatic rings. The van der Waals surface area contributed by atoms with Crippen LogP contribution in [-0.2, 0) is 9.59 Å². The van der Waals surface area contributed by atoms with E-state index in [4.69, 9.17) is 5.11 Å². The maximum atomic E-state index is 12.2. The Bertz CT molecular complexity index is 346. The first-order chi connectivity index (χ1) is 9.60. The minimum atomic E-state index is -0.828. The van der Waals surface area contributed by atoms with Crippen molar-refractivity contribution < 1.29 is 14.7 Å². The fourth-order valence-electron chi connectivity index (χ4n) is 3.29. The number of carbonyl (C=O) groups excluding carboxylic acids is 1. The van der Waals surface area contributed by atoms with Crippen LogP contribution in [0.5, 0.6) is 0 Å². The Hall–Kier alpha value is -1.14. The minimum Gasteiger partial charge on any atom is -0.481 e. The molecule has 1 aliphatic carbocycles. The molecule has 0 unspecified atom stereocenters. The molecule has 0 spiro atoms. The second-order valence-electron chi connectivity index (χ2n) is 5.99. The van der Waals surface area contributed by atoms with Crippen molar-refractivity contribution in [2.24, 2.45) is 0 Å². The standard InChI is InChI=1S/C14H25N3O3/c18-12(11-17-8-3-6-15-7-9-17)16-14(10-13(19)20)4-1-2-5-14/h15H,1-11H2,(H,16,18)(H,19,20). The quantitative estimate of drug-likeness (QED) is 0.671. The summed E-state index contributed by atoms with van der Waals surface area (Å²) in [5.74, 6) is -0.860. The number of amides is 1. The summed E-state index contributed by atoms with van der Waals surface area (Å²) in [7, 11) is 0. The zero-order chi connectivity index (χ0) is 14.4. The van der Waals surface area contributed by atoms with E-state index in [0.717, 1.165) is 58.3 Å². The van der Waals surface area contributed by atoms with Gasteiger partial charge in [0.25, 0.3) is 0 Å². The molecule has 2 fully saturated rings. The van der Waals surface area contributed by atoms with E-state index >= 15 is 0 Å². The van der Waals surface area contributed by atoms with Crippen molar-refractivity contribution in [2.75, 3.05) is 32.7 Å². The SMILES string of the molecule is O=C(O)CC1(NC(=O)CN2CCCNCC2)CCCC1. The van der Waals surface area contributed by atoms with E-state index in [9.17, 15) is 9.59 Å². The lowest BCUT2D eigenvalue weighted by molar-refractivity contribution is -0.139. The fourth-order valence-corrected chi connectivity index (χ4v) is 3.29. The van der Waals surface area contributed by atoms with E-state index in [1.54, 1.807) is 0 Å². The molecule has 1 aliphatic heterocycles. The van der Waals surface area contributed by atoms with Gasteiger partial charge in [-0.05, 0) is 32.4 Å². The summed E-state index contributed by atoms with van der Waals surface area (Å²) in [6, 6.07) is 0. The van der Waals surface area contributed by atoms with Crippen molar-refractivity contribution in [3.05, 3.63) is 0 Å². The maximum absolute atomic E-state index is 12.2. The summed E-state index contributed by atoms with van der Waals surface area (Å²) in [6.45, 7) is 4.09. The van der Waals surface area contributed by atoms with Gasteiger partial charge in [-0.15, -0.1) is 0 Å². The van der Waals surface area contributed by atoms with Crippen LogP contribution in [-0.4, -0.2) is 60.1 Å². The smallest absolute Gasteiger partial charge is 0.305 e. The van der Waals surface area contributed by atoms with Gasteiger partial charge in [0, 0.05) is 13.1 Å². The Labute approximate surface area is 119 Å². The van der Waals surface area contributed by atoms with Gasteiger partial charge in [-0.2, -0.15) is 0 Å². The van der Waals surface area contributed by atoms with Gasteiger partial charge >= 0.3 is 5.97 Å². The van der Waals surface area contributed by atoms with Gasteiger partial charge in [0.15, 0.2) is 0 Å². The van der Waals surface area contributed by atoms with Gasteiger partial charge in [-0.3, -0.25) is 14.5 Å². The van der Waals surface area contributed by atoms with E-state index in [-0.39, 0.29) is 12.3 Å². The molecule has 0 atom stereocenters. The van der Waals surface area contributed by atoms with Crippen LogP contribution in [0.1, 0.15) is 38.5 Å². The molecule has 3 N–H and O–H groups in total. The van der Waals surface area contributed by atoms with Crippen LogP contribution in [0.25, 0.3) is 0 Å². The number of rotatable bonds is 5. The van der Waals surface area contributed by atoms with Gasteiger partial charge in [-0.25, -0.2) is 0 Å². The molecule has 0 bridgehead atoms. The normalized spacial score (nSPS) is 23.2. The zero-order valence-corrected chi connectivity index (χ0v) is 12.0. The van der Waals surface area contributed by atoms with E-state index in [2.05, 4.69) is 15.5 Å². The molecule has 2 aliphatic rings. The molecule has 1 saturated heterocycles. The van der Waals surface area contributed by atoms with Crippen LogP contribution in [0.15, 0.2) is 0 Å². The Kier molecular flexibility index (Phi) is 5.37. The Morgan fingerprint density at radius 3 is 2.60 bits per heavy atom. The maximum Gasteiger partial charge on any atom is 0.305 e. The lowest BCUT2D eigenvalue weighted by atomic mass is 9.93. The Morgan fingerprint density at radius 1 is 1.15 bits per heavy atom. The van der Waals surface area contributed by atoms with Gasteiger partial charge in [0.1, 0.15) is 0 Å². The average Bonchev–Trinajstić information content (AvgIpc) is 2.65. The highest BCUT2D eigenvalue weighted by Crippen LogP contribution is 2.32. The second kappa shape index (κ2) is 7.04. The first-order valence-corrected chi connectivity index (χ1v) is 7.56. The summed E-state index contributed by atoms with van der Waals surface area (Å²) in [5.41, 5.74) is -0.507. The van der Waals surface area contributed by atoms with Crippen molar-refractivity contribution in [3.63, 3.8) is 0 Å². The molecule has 0 aromatic carbocycles. The average molecular weight is 283 g/mol. The lowest BCUT2D eigenvalue weighted by Gasteiger charge is -2.30. The van der Waals surface area contributed by atoms with Gasteiger partial charge in [0.2, 0.25) is 5.91 Å². The molecule has 0 radical (unpaired) electrons. The number of aliphatic carboxylic acids is 1. The van der Waals surface area contributed by atoms with E-state index in [1.165, 1.54) is 0 Å². The van der Waals surface area contributed by atoms with Gasteiger partial charge < -0.3 is 15.7 Å². The number of nitrogens with one attached hydrogen (secondary N) is 2. The number of carbonyl (C=O) groups is 2. The third kappa shape index (κ3) is 4.45. The zero-order valence-electron chi connectivity index (χ0n) is 12.0. The molecule has 1 heterocycles. The first-order valence-electron chi connectivity index (χ1n) is 7.56. The van der Waals surface area contributed by atoms with Gasteiger partial charge in [-0.1, -0.05) is 12.8 Å². The first kappa shape index (κ1) is 15.3. The molecular formula is C14H25N3O3. The third-order valence-corrected chi connectivity index (χ3v) is 4.25. The van der Waals surface area contributed by atoms with Crippen LogP contribution < -0.4 is 10.6 Å². The van der Waals surface area contributed by atoms with Crippen LogP contribution in [0.4, 0.5) is 0 Å². The number of nitrogens with zero attached hydrogens (tertiary/aromatic N) is 1. The molecule has 114 valence electrons. The Morgan fingerprint density at radius 2 is 1.90 bits per heavy atom. The molecule has 20 heavy (non-hydrogen) atoms. The van der Waals surface area contributed by atoms with Crippen molar-refractivity contribution >= 4 is 11.9 Å². The molecule has 6 nitrogen and oxygen atoms in total. The van der Waals surface area contributed by atoms with E-state index in [1.807, 2.05) is 0 Å². The fraction of sp³-hybridized carbons (Fsp3) is 0.857. The predicted molar refractivity (Wildman–Crippen MR) is 75.5 cm³/mol. The highest BCUT2D eigenvalue weighted by Gasteiger charge is 2.37. The molecule has 2 rings (SSSR count). The third-order valence-electron chi connectivity index (χ3n) is 4.25. The molecule has 6 heteroatoms. The minimum absolute atomic E-state index is 0.0324. The summed E-state index contributed by atoms with van der Waals surface area (Å²) in [5, 5.41) is 15.4. The predicted octanol–water partition coefficient (Wildman–Crippen LogP) is 0.185. The topological polar surface area (TPSA) is 81.7 Å². The highest BCUT2D eigenvalue weighted by atomic mass is 16.4. The van der Waals surface area contributed by atoms with Crippen LogP contribution in [0.2, 0.25) is 0 Å². The largest absolute Gasteiger partial charge is 0.481 e. The van der Waals surface area contributed by atoms with Crippen LogP contribution in [0.3, 0.4) is 0 Å². The van der Waals surface area contributed by atoms with Crippen LogP contribution >= 0.6 is 0 Å². The Balaban J connectivity index is 1.86. The summed E-state index contributed by atoms with van der Waals surface area (Å²) >= 11 is 0. The monoisotopic (exact) mass is 283 g/mol. The van der Waals surface area contributed by atoms with Crippen molar-refractivity contribution in [1.82, 2.24) is 15.5 Å². The number of carboxylic acids is 1. The second-order valence-corrected chi connectivity index (χ2v) is 5.99. The van der Waals surface area contributed by atoms with E-state index < -0.39 is 11.5 Å². The molecule has 1 saturated carbocycles. The lowest BCUT2D eigenvalue weighted by Crippen LogP contribution is -2.51. The van der Waals surface area contributed by atoms with Crippen molar-refractivity contribution in [3.8, 4) is 0 Å². The van der Waals surface area contributed by atoms with Crippen LogP contribution in [0, 0.1) is 0 Å². The summed E-state index contributed by atoms with van der Waals surface area (Å²) < 4.78 is 0. The number of hydrogen-bond acceptors (Lipinski definition) is 4. The highest BCUT2D eigenvalue weighted by molar-refractivity contribution is 5.80. The molecule has 1 amide bonds. The summed E-state index contributed by atoms with van der Waals surface area (Å²) in [6.07, 6.45) is 4.66. The van der Waals surface area contributed by atoms with E-state index in [0.29, 0.717) is 6.54 Å². The summed E-state index contributed by atoms with van der Waals surface area (Å²) in [4.78, 5) is 25.3.